The van der Waals surface area contributed by atoms with Crippen molar-refractivity contribution in [3.8, 4) is 17.0 Å². The number of carbonyl (C=O) groups is 5. The maximum Gasteiger partial charge on any atom is 0.408 e. The van der Waals surface area contributed by atoms with Crippen molar-refractivity contribution in [2.75, 3.05) is 26.7 Å². The number of allylic oxidation sites excluding steroid dienone is 1. The van der Waals surface area contributed by atoms with Gasteiger partial charge in [0, 0.05) is 43.0 Å². The summed E-state index contributed by atoms with van der Waals surface area (Å²) in [5.41, 5.74) is -1.47. The molecule has 3 N–H and O–H groups in total. The first-order valence-electron chi connectivity index (χ1n) is 19.9. The zero-order valence-electron chi connectivity index (χ0n) is 33.2. The van der Waals surface area contributed by atoms with Gasteiger partial charge in [0.1, 0.15) is 28.9 Å². The number of methoxy groups -OCH3 is 1. The number of nitrogens with one attached hydrogen (secondary N) is 3. The number of alkyl carbamates (subject to hydrolysis) is 1. The van der Waals surface area contributed by atoms with Gasteiger partial charge in [0.05, 0.1) is 18.1 Å². The highest BCUT2D eigenvalue weighted by atomic mass is 32.2. The summed E-state index contributed by atoms with van der Waals surface area (Å²) < 4.78 is 53.1. The van der Waals surface area contributed by atoms with Crippen molar-refractivity contribution in [2.45, 2.75) is 101 Å². The fraction of sp³-hybridized carbons (Fsp3) is 0.561. The Balaban J connectivity index is 1.17. The van der Waals surface area contributed by atoms with Crippen LogP contribution in [0.4, 0.5) is 9.18 Å². The standard InChI is InChI=1S/C41H51FN6O9S/c1-40(2,3)57-39(53)44-32-12-9-7-5-6-8-11-26-20-41(26,38(52)46-58(54,55)27-16-17-27)45-35(49)34-28-23-47(21-25(28)22-48(34)37(32)51)36(50)31-14-10-13-30(43-31)24-15-18-33(56-4)29(42)19-24/h8,10-11,13-15,18-19,25-28,32,34H,5-7,9,12,16-17,20-23H2,1-4H3,(H,44,53)(H,45,49)(H,46,52)/b11-8-/t25-,26+,28-,32-,34-,41+/m0/s1. The van der Waals surface area contributed by atoms with Crippen LogP contribution in [0.15, 0.2) is 48.6 Å². The molecule has 58 heavy (non-hydrogen) atoms. The van der Waals surface area contributed by atoms with Gasteiger partial charge in [0.2, 0.25) is 21.8 Å². The molecule has 0 bridgehead atoms. The summed E-state index contributed by atoms with van der Waals surface area (Å²) in [6, 6.07) is 7.05. The molecule has 0 unspecified atom stereocenters. The predicted molar refractivity (Wildman–Crippen MR) is 209 cm³/mol. The molecule has 3 aliphatic heterocycles. The van der Waals surface area contributed by atoms with Gasteiger partial charge in [0.15, 0.2) is 11.6 Å². The quantitative estimate of drug-likeness (QED) is 0.347. The first-order chi connectivity index (χ1) is 27.5. The molecule has 7 rings (SSSR count). The molecular weight excluding hydrogens is 772 g/mol. The normalized spacial score (nSPS) is 28.1. The van der Waals surface area contributed by atoms with Crippen molar-refractivity contribution in [3.05, 3.63) is 60.1 Å². The highest BCUT2D eigenvalue weighted by Gasteiger charge is 2.63. The molecule has 6 atom stereocenters. The van der Waals surface area contributed by atoms with Crippen LogP contribution in [0.3, 0.4) is 0 Å². The molecule has 0 radical (unpaired) electrons. The van der Waals surface area contributed by atoms with Gasteiger partial charge in [-0.15, -0.1) is 0 Å². The molecular formula is C41H51FN6O9S. The lowest BCUT2D eigenvalue weighted by Crippen LogP contribution is -2.60. The second-order valence-electron chi connectivity index (χ2n) is 17.0. The van der Waals surface area contributed by atoms with Crippen LogP contribution in [0.1, 0.15) is 82.6 Å². The van der Waals surface area contributed by atoms with Gasteiger partial charge in [-0.05, 0) is 89.6 Å². The van der Waals surface area contributed by atoms with Gasteiger partial charge in [-0.2, -0.15) is 0 Å². The third kappa shape index (κ3) is 8.69. The Hall–Kier alpha value is -5.06. The number of nitrogens with zero attached hydrogens (tertiary/aromatic N) is 3. The van der Waals surface area contributed by atoms with E-state index < -0.39 is 85.9 Å². The monoisotopic (exact) mass is 822 g/mol. The largest absolute Gasteiger partial charge is 0.494 e. The summed E-state index contributed by atoms with van der Waals surface area (Å²) in [5.74, 6) is -4.31. The second kappa shape index (κ2) is 15.9. The maximum atomic E-state index is 14.7. The van der Waals surface area contributed by atoms with Crippen LogP contribution in [-0.2, 0) is 29.1 Å². The minimum Gasteiger partial charge on any atom is -0.494 e. The molecule has 2 aliphatic carbocycles. The number of rotatable bonds is 7. The van der Waals surface area contributed by atoms with Crippen LogP contribution >= 0.6 is 0 Å². The zero-order valence-corrected chi connectivity index (χ0v) is 34.0. The lowest BCUT2D eigenvalue weighted by Gasteiger charge is -2.33. The number of hydrogen-bond donors (Lipinski definition) is 3. The second-order valence-corrected chi connectivity index (χ2v) is 19.0. The number of hydrogen-bond acceptors (Lipinski definition) is 10. The van der Waals surface area contributed by atoms with E-state index in [0.29, 0.717) is 43.4 Å². The van der Waals surface area contributed by atoms with Crippen LogP contribution < -0.4 is 20.1 Å². The highest BCUT2D eigenvalue weighted by molar-refractivity contribution is 7.91. The Morgan fingerprint density at radius 1 is 1.02 bits per heavy atom. The summed E-state index contributed by atoms with van der Waals surface area (Å²) >= 11 is 0. The number of fused-ring (bicyclic) bond motifs is 4. The highest BCUT2D eigenvalue weighted by Crippen LogP contribution is 2.47. The molecule has 1 aromatic carbocycles. The van der Waals surface area contributed by atoms with E-state index in [4.69, 9.17) is 9.47 Å². The third-order valence-electron chi connectivity index (χ3n) is 11.6. The molecule has 4 fully saturated rings. The Morgan fingerprint density at radius 3 is 2.50 bits per heavy atom. The van der Waals surface area contributed by atoms with Crippen LogP contribution in [0.5, 0.6) is 5.75 Å². The van der Waals surface area contributed by atoms with Crippen molar-refractivity contribution in [1.29, 1.82) is 0 Å². The summed E-state index contributed by atoms with van der Waals surface area (Å²) in [6.45, 7) is 5.47. The van der Waals surface area contributed by atoms with E-state index >= 15 is 0 Å². The van der Waals surface area contributed by atoms with Gasteiger partial charge in [-0.3, -0.25) is 23.9 Å². The molecule has 2 saturated heterocycles. The van der Waals surface area contributed by atoms with Crippen LogP contribution in [0, 0.1) is 23.6 Å². The Labute approximate surface area is 337 Å². The number of halogens is 1. The number of aromatic nitrogens is 1. The van der Waals surface area contributed by atoms with E-state index in [9.17, 15) is 36.8 Å². The van der Waals surface area contributed by atoms with Gasteiger partial charge < -0.3 is 29.9 Å². The van der Waals surface area contributed by atoms with Gasteiger partial charge >= 0.3 is 6.09 Å². The lowest BCUT2D eigenvalue weighted by atomic mass is 9.93. The lowest BCUT2D eigenvalue weighted by molar-refractivity contribution is -0.142. The Bertz CT molecular complexity index is 2120. The number of benzene rings is 1. The van der Waals surface area contributed by atoms with E-state index in [-0.39, 0.29) is 43.4 Å². The van der Waals surface area contributed by atoms with Crippen molar-refractivity contribution >= 4 is 39.7 Å². The number of carbonyl (C=O) groups excluding carboxylic acids is 5. The van der Waals surface area contributed by atoms with E-state index in [1.807, 2.05) is 12.2 Å². The summed E-state index contributed by atoms with van der Waals surface area (Å²) in [6.07, 6.45) is 7.12. The smallest absolute Gasteiger partial charge is 0.408 e. The molecule has 2 saturated carbocycles. The SMILES string of the molecule is COc1ccc(-c2cccc(C(=O)N3C[C@H]4CN5C(=O)[C@@H](NC(=O)OC(C)(C)C)CCCCC/C=C\[C@@H]6C[C@@]6(C(=O)NS(=O)(=O)C6CC6)NC(=O)[C@@H]5[C@H]4C3)n2)cc1F. The minimum absolute atomic E-state index is 0.0667. The van der Waals surface area contributed by atoms with E-state index in [1.54, 1.807) is 49.9 Å². The van der Waals surface area contributed by atoms with Crippen molar-refractivity contribution in [3.63, 3.8) is 0 Å². The van der Waals surface area contributed by atoms with Crippen molar-refractivity contribution in [1.82, 2.24) is 30.1 Å². The molecule has 312 valence electrons. The van der Waals surface area contributed by atoms with Gasteiger partial charge in [0.25, 0.3) is 11.8 Å². The number of pyridine rings is 1. The zero-order chi connectivity index (χ0) is 41.6. The summed E-state index contributed by atoms with van der Waals surface area (Å²) in [5, 5.41) is 4.98. The summed E-state index contributed by atoms with van der Waals surface area (Å²) in [7, 11) is -2.57. The number of ether oxygens (including phenoxy) is 2. The van der Waals surface area contributed by atoms with Crippen molar-refractivity contribution in [2.24, 2.45) is 17.8 Å². The molecule has 1 aromatic heterocycles. The number of sulfonamides is 1. The van der Waals surface area contributed by atoms with Gasteiger partial charge in [-0.1, -0.05) is 31.1 Å². The minimum atomic E-state index is -3.94. The molecule has 5 amide bonds. The number of likely N-dealkylation sites (tertiary alicyclic amines) is 1. The van der Waals surface area contributed by atoms with Crippen LogP contribution in [0.2, 0.25) is 0 Å². The molecule has 17 heteroatoms. The first-order valence-corrected chi connectivity index (χ1v) is 21.5. The predicted octanol–water partition coefficient (Wildman–Crippen LogP) is 3.69. The average Bonchev–Trinajstić information content (AvgIpc) is 4.06. The molecule has 0 spiro atoms. The Kier molecular flexibility index (Phi) is 11.3. The topological polar surface area (TPSA) is 193 Å². The third-order valence-corrected chi connectivity index (χ3v) is 13.4. The van der Waals surface area contributed by atoms with E-state index in [0.717, 1.165) is 12.8 Å². The Morgan fingerprint density at radius 2 is 1.79 bits per heavy atom. The van der Waals surface area contributed by atoms with Crippen LogP contribution in [-0.4, -0.2) is 108 Å². The molecule has 5 aliphatic rings. The average molecular weight is 823 g/mol. The van der Waals surface area contributed by atoms with E-state index in [2.05, 4.69) is 20.3 Å². The van der Waals surface area contributed by atoms with Gasteiger partial charge in [-0.25, -0.2) is 22.6 Å². The maximum absolute atomic E-state index is 14.7. The first kappa shape index (κ1) is 41.1. The molecule has 2 aromatic rings. The number of amides is 5. The van der Waals surface area contributed by atoms with E-state index in [1.165, 1.54) is 24.1 Å². The van der Waals surface area contributed by atoms with Crippen molar-refractivity contribution < 1.29 is 46.3 Å². The fourth-order valence-electron chi connectivity index (χ4n) is 8.39. The van der Waals surface area contributed by atoms with Crippen LogP contribution in [0.25, 0.3) is 11.3 Å². The summed E-state index contributed by atoms with van der Waals surface area (Å²) in [4.78, 5) is 77.7. The molecule has 4 heterocycles. The fourth-order valence-corrected chi connectivity index (χ4v) is 9.75. The molecule has 15 nitrogen and oxygen atoms in total.